The quantitative estimate of drug-likeness (QED) is 0.568. The molecule has 11 heteroatoms. The fourth-order valence-electron chi connectivity index (χ4n) is 3.16. The molecule has 0 radical (unpaired) electrons. The molecule has 1 fully saturated rings. The smallest absolute Gasteiger partial charge is 0.376 e. The number of amidine groups is 1. The van der Waals surface area contributed by atoms with Crippen molar-refractivity contribution in [1.82, 2.24) is 10.2 Å². The van der Waals surface area contributed by atoms with Gasteiger partial charge in [-0.2, -0.15) is 21.6 Å². The van der Waals surface area contributed by atoms with Crippen molar-refractivity contribution in [3.63, 3.8) is 0 Å². The van der Waals surface area contributed by atoms with Crippen LogP contribution in [0.2, 0.25) is 0 Å². The number of hydrogen-bond acceptors (Lipinski definition) is 7. The number of hydrogen-bond donors (Lipinski definition) is 2. The first-order valence-corrected chi connectivity index (χ1v) is 10.2. The number of piperazine rings is 1. The third-order valence-corrected chi connectivity index (χ3v) is 5.52. The van der Waals surface area contributed by atoms with Crippen LogP contribution in [-0.4, -0.2) is 50.8 Å². The third-order valence-electron chi connectivity index (χ3n) is 4.54. The van der Waals surface area contributed by atoms with Gasteiger partial charge in [-0.25, -0.2) is 4.99 Å². The van der Waals surface area contributed by atoms with Gasteiger partial charge < -0.3 is 19.7 Å². The molecule has 0 saturated carbocycles. The molecule has 2 N–H and O–H groups in total. The van der Waals surface area contributed by atoms with E-state index in [9.17, 15) is 21.6 Å². The predicted octanol–water partition coefficient (Wildman–Crippen LogP) is 2.96. The molecule has 0 atom stereocenters. The number of halogens is 3. The lowest BCUT2D eigenvalue weighted by Gasteiger charge is -2.30. The predicted molar refractivity (Wildman–Crippen MR) is 102 cm³/mol. The van der Waals surface area contributed by atoms with Crippen LogP contribution in [0.4, 0.5) is 30.2 Å². The average Bonchev–Trinajstić information content (AvgIpc) is 2.84. The SMILES string of the molecule is O=S(=O)(Oc1ccc2c(c1)C(N1CCNCC1)=Nc1ccccc1N2)C(F)(F)F. The first kappa shape index (κ1) is 19.5. The first-order valence-electron chi connectivity index (χ1n) is 8.80. The highest BCUT2D eigenvalue weighted by Gasteiger charge is 2.48. The zero-order valence-corrected chi connectivity index (χ0v) is 15.8. The number of benzene rings is 2. The molecular formula is C18H17F3N4O3S. The molecule has 2 aliphatic rings. The van der Waals surface area contributed by atoms with Gasteiger partial charge in [0.15, 0.2) is 0 Å². The Hall–Kier alpha value is -2.79. The maximum Gasteiger partial charge on any atom is 0.534 e. The van der Waals surface area contributed by atoms with Crippen LogP contribution < -0.4 is 14.8 Å². The summed E-state index contributed by atoms with van der Waals surface area (Å²) in [5, 5.41) is 6.44. The van der Waals surface area contributed by atoms with Crippen molar-refractivity contribution in [3.05, 3.63) is 48.0 Å². The monoisotopic (exact) mass is 426 g/mol. The fourth-order valence-corrected chi connectivity index (χ4v) is 3.61. The molecule has 2 aromatic rings. The van der Waals surface area contributed by atoms with Gasteiger partial charge in [0.1, 0.15) is 11.6 Å². The summed E-state index contributed by atoms with van der Waals surface area (Å²) >= 11 is 0. The Bertz CT molecular complexity index is 1060. The van der Waals surface area contributed by atoms with Crippen LogP contribution in [0.15, 0.2) is 47.5 Å². The third kappa shape index (κ3) is 3.87. The fraction of sp³-hybridized carbons (Fsp3) is 0.278. The number of alkyl halides is 3. The number of nitrogens with one attached hydrogen (secondary N) is 2. The Labute approximate surface area is 165 Å². The first-order chi connectivity index (χ1) is 13.7. The van der Waals surface area contributed by atoms with E-state index in [-0.39, 0.29) is 0 Å². The minimum absolute atomic E-state index is 0.434. The molecule has 0 bridgehead atoms. The van der Waals surface area contributed by atoms with Gasteiger partial charge in [-0.3, -0.25) is 0 Å². The summed E-state index contributed by atoms with van der Waals surface area (Å²) in [7, 11) is -5.77. The number of para-hydroxylation sites is 2. The van der Waals surface area contributed by atoms with E-state index in [1.165, 1.54) is 18.2 Å². The van der Waals surface area contributed by atoms with Crippen LogP contribution >= 0.6 is 0 Å². The zero-order chi connectivity index (χ0) is 20.6. The molecule has 29 heavy (non-hydrogen) atoms. The standard InChI is InChI=1S/C18H17F3N4O3S/c19-18(20,21)29(26,27)28-12-5-6-14-13(11-12)17(25-9-7-22-8-10-25)24-16-4-2-1-3-15(16)23-14/h1-6,11,22-23H,7-10H2. The summed E-state index contributed by atoms with van der Waals surface area (Å²) < 4.78 is 65.3. The van der Waals surface area contributed by atoms with Gasteiger partial charge in [0.05, 0.1) is 11.4 Å². The molecule has 7 nitrogen and oxygen atoms in total. The second-order valence-corrected chi connectivity index (χ2v) is 8.04. The van der Waals surface area contributed by atoms with E-state index < -0.39 is 21.4 Å². The van der Waals surface area contributed by atoms with Crippen molar-refractivity contribution >= 4 is 33.0 Å². The lowest BCUT2D eigenvalue weighted by molar-refractivity contribution is -0.0500. The average molecular weight is 426 g/mol. The van der Waals surface area contributed by atoms with Crippen LogP contribution in [0, 0.1) is 0 Å². The highest BCUT2D eigenvalue weighted by molar-refractivity contribution is 7.88. The summed E-state index contributed by atoms with van der Waals surface area (Å²) in [6.07, 6.45) is 0. The molecule has 0 aliphatic carbocycles. The van der Waals surface area contributed by atoms with Gasteiger partial charge in [-0.15, -0.1) is 0 Å². The van der Waals surface area contributed by atoms with Crippen molar-refractivity contribution in [3.8, 4) is 5.75 Å². The summed E-state index contributed by atoms with van der Waals surface area (Å²) in [4.78, 5) is 6.72. The van der Waals surface area contributed by atoms with Crippen LogP contribution in [0.3, 0.4) is 0 Å². The van der Waals surface area contributed by atoms with Gasteiger partial charge in [-0.1, -0.05) is 12.1 Å². The van der Waals surface area contributed by atoms with Crippen molar-refractivity contribution in [2.45, 2.75) is 5.51 Å². The van der Waals surface area contributed by atoms with Crippen molar-refractivity contribution < 1.29 is 25.8 Å². The van der Waals surface area contributed by atoms with Gasteiger partial charge in [0.2, 0.25) is 0 Å². The lowest BCUT2D eigenvalue weighted by atomic mass is 10.1. The minimum atomic E-state index is -5.77. The molecule has 2 heterocycles. The number of fused-ring (bicyclic) bond motifs is 2. The molecule has 1 saturated heterocycles. The molecule has 0 unspecified atom stereocenters. The van der Waals surface area contributed by atoms with E-state index in [1.54, 1.807) is 0 Å². The molecular weight excluding hydrogens is 409 g/mol. The molecule has 0 spiro atoms. The van der Waals surface area contributed by atoms with Gasteiger partial charge in [0.25, 0.3) is 0 Å². The molecule has 0 amide bonds. The van der Waals surface area contributed by atoms with Gasteiger partial charge >= 0.3 is 15.6 Å². The second-order valence-electron chi connectivity index (χ2n) is 6.51. The second kappa shape index (κ2) is 7.23. The van der Waals surface area contributed by atoms with E-state index >= 15 is 0 Å². The summed E-state index contributed by atoms with van der Waals surface area (Å²) in [6.45, 7) is 2.74. The molecule has 2 aliphatic heterocycles. The van der Waals surface area contributed by atoms with Crippen molar-refractivity contribution in [1.29, 1.82) is 0 Å². The topological polar surface area (TPSA) is 83.0 Å². The van der Waals surface area contributed by atoms with Crippen LogP contribution in [0.25, 0.3) is 0 Å². The number of rotatable bonds is 2. The zero-order valence-electron chi connectivity index (χ0n) is 15.0. The highest BCUT2D eigenvalue weighted by atomic mass is 32.2. The van der Waals surface area contributed by atoms with E-state index in [0.29, 0.717) is 35.9 Å². The lowest BCUT2D eigenvalue weighted by Crippen LogP contribution is -2.46. The Balaban J connectivity index is 1.80. The minimum Gasteiger partial charge on any atom is -0.376 e. The number of nitrogens with zero attached hydrogens (tertiary/aromatic N) is 2. The van der Waals surface area contributed by atoms with E-state index in [0.717, 1.165) is 18.8 Å². The Kier molecular flexibility index (Phi) is 4.87. The Morgan fingerprint density at radius 3 is 2.48 bits per heavy atom. The van der Waals surface area contributed by atoms with E-state index in [1.807, 2.05) is 29.2 Å². The molecule has 4 rings (SSSR count). The van der Waals surface area contributed by atoms with Crippen molar-refractivity contribution in [2.75, 3.05) is 31.5 Å². The maximum atomic E-state index is 12.7. The van der Waals surface area contributed by atoms with Crippen LogP contribution in [0.1, 0.15) is 5.56 Å². The van der Waals surface area contributed by atoms with Crippen molar-refractivity contribution in [2.24, 2.45) is 4.99 Å². The van der Waals surface area contributed by atoms with E-state index in [4.69, 9.17) is 4.99 Å². The van der Waals surface area contributed by atoms with Crippen LogP contribution in [0.5, 0.6) is 5.75 Å². The summed E-state index contributed by atoms with van der Waals surface area (Å²) in [5.41, 5.74) is -3.07. The summed E-state index contributed by atoms with van der Waals surface area (Å²) in [6, 6.07) is 11.3. The Morgan fingerprint density at radius 1 is 1.03 bits per heavy atom. The molecule has 2 aromatic carbocycles. The Morgan fingerprint density at radius 2 is 1.76 bits per heavy atom. The summed E-state index contributed by atoms with van der Waals surface area (Å²) in [5.74, 6) is 0.102. The van der Waals surface area contributed by atoms with Gasteiger partial charge in [-0.05, 0) is 30.3 Å². The maximum absolute atomic E-state index is 12.7. The highest BCUT2D eigenvalue weighted by Crippen LogP contribution is 2.37. The molecule has 154 valence electrons. The van der Waals surface area contributed by atoms with E-state index in [2.05, 4.69) is 14.8 Å². The van der Waals surface area contributed by atoms with Gasteiger partial charge in [0, 0.05) is 37.4 Å². The largest absolute Gasteiger partial charge is 0.534 e. The number of aliphatic imine (C=N–C) groups is 1. The molecule has 0 aromatic heterocycles. The normalized spacial score (nSPS) is 16.8. The number of anilines is 2. The van der Waals surface area contributed by atoms with Crippen LogP contribution in [-0.2, 0) is 10.1 Å².